The lowest BCUT2D eigenvalue weighted by atomic mass is 9.99. The second kappa shape index (κ2) is 8.94. The van der Waals surface area contributed by atoms with Crippen LogP contribution in [-0.2, 0) is 4.79 Å². The maximum Gasteiger partial charge on any atom is 0.312 e. The van der Waals surface area contributed by atoms with Crippen LogP contribution >= 0.6 is 12.2 Å². The Morgan fingerprint density at radius 2 is 1.91 bits per heavy atom. The molecule has 0 bridgehead atoms. The van der Waals surface area contributed by atoms with Crippen LogP contribution in [0.1, 0.15) is 25.8 Å². The molecule has 1 rings (SSSR count). The van der Waals surface area contributed by atoms with Gasteiger partial charge in [0.1, 0.15) is 6.04 Å². The first-order valence-corrected chi connectivity index (χ1v) is 7.74. The van der Waals surface area contributed by atoms with Gasteiger partial charge in [-0.3, -0.25) is 15.6 Å². The van der Waals surface area contributed by atoms with Crippen molar-refractivity contribution in [2.75, 3.05) is 5.32 Å². The molecule has 0 saturated carbocycles. The van der Waals surface area contributed by atoms with Gasteiger partial charge in [-0.15, -0.1) is 0 Å². The second-order valence-electron chi connectivity index (χ2n) is 5.26. The molecule has 0 aromatic heterocycles. The number of para-hydroxylation sites is 1. The first-order valence-electron chi connectivity index (χ1n) is 7.33. The van der Waals surface area contributed by atoms with E-state index < -0.39 is 18.0 Å². The van der Waals surface area contributed by atoms with Crippen LogP contribution in [0, 0.1) is 12.8 Å². The number of carbonyl (C=O) groups is 2. The summed E-state index contributed by atoms with van der Waals surface area (Å²) in [5.74, 6) is -0.478. The van der Waals surface area contributed by atoms with Crippen LogP contribution in [0.3, 0.4) is 0 Å². The van der Waals surface area contributed by atoms with E-state index in [2.05, 4.69) is 21.5 Å². The molecule has 0 aliphatic carbocycles. The molecular weight excluding hydrogens is 314 g/mol. The summed E-state index contributed by atoms with van der Waals surface area (Å²) in [6.07, 6.45) is 0.713. The zero-order chi connectivity index (χ0) is 17.4. The number of thiocarbonyl (C=S) groups is 1. The maximum atomic E-state index is 12.2. The largest absolute Gasteiger partial charge is 0.352 e. The summed E-state index contributed by atoms with van der Waals surface area (Å²) in [7, 11) is 0. The molecule has 0 saturated heterocycles. The topological polar surface area (TPSA) is 108 Å². The third-order valence-electron chi connectivity index (χ3n) is 3.49. The first kappa shape index (κ1) is 18.7. The molecule has 0 aliphatic heterocycles. The highest BCUT2D eigenvalue weighted by molar-refractivity contribution is 7.80. The van der Waals surface area contributed by atoms with Gasteiger partial charge in [0, 0.05) is 5.69 Å². The SMILES string of the molecule is CC[C@H](C)[C@H](NC(N)=O)C(=O)NNC(=S)Nc1ccccc1C. The summed E-state index contributed by atoms with van der Waals surface area (Å²) in [6.45, 7) is 5.72. The number of hydrazine groups is 1. The second-order valence-corrected chi connectivity index (χ2v) is 5.66. The van der Waals surface area contributed by atoms with Crippen molar-refractivity contribution in [3.63, 3.8) is 0 Å². The molecular formula is C15H23N5O2S. The minimum absolute atomic E-state index is 0.0674. The third-order valence-corrected chi connectivity index (χ3v) is 3.69. The number of rotatable bonds is 5. The summed E-state index contributed by atoms with van der Waals surface area (Å²) >= 11 is 5.13. The Balaban J connectivity index is 2.57. The van der Waals surface area contributed by atoms with Gasteiger partial charge in [0.05, 0.1) is 0 Å². The number of hydrogen-bond donors (Lipinski definition) is 5. The molecule has 23 heavy (non-hydrogen) atoms. The number of urea groups is 1. The number of carbonyl (C=O) groups excluding carboxylic acids is 2. The van der Waals surface area contributed by atoms with Gasteiger partial charge >= 0.3 is 6.03 Å². The molecule has 1 aromatic rings. The zero-order valence-corrected chi connectivity index (χ0v) is 14.3. The number of aryl methyl sites for hydroxylation is 1. The van der Waals surface area contributed by atoms with Gasteiger partial charge in [-0.1, -0.05) is 38.5 Å². The van der Waals surface area contributed by atoms with Crippen LogP contribution in [0.5, 0.6) is 0 Å². The summed E-state index contributed by atoms with van der Waals surface area (Å²) in [5, 5.41) is 5.66. The van der Waals surface area contributed by atoms with E-state index in [0.717, 1.165) is 11.3 Å². The Morgan fingerprint density at radius 3 is 2.48 bits per heavy atom. The van der Waals surface area contributed by atoms with E-state index in [4.69, 9.17) is 18.0 Å². The highest BCUT2D eigenvalue weighted by Crippen LogP contribution is 2.12. The van der Waals surface area contributed by atoms with Gasteiger partial charge < -0.3 is 16.4 Å². The van der Waals surface area contributed by atoms with Crippen molar-refractivity contribution < 1.29 is 9.59 Å². The monoisotopic (exact) mass is 337 g/mol. The summed E-state index contributed by atoms with van der Waals surface area (Å²) in [5.41, 5.74) is 12.1. The van der Waals surface area contributed by atoms with Crippen LogP contribution < -0.4 is 27.2 Å². The van der Waals surface area contributed by atoms with Crippen molar-refractivity contribution in [3.05, 3.63) is 29.8 Å². The molecule has 6 N–H and O–H groups in total. The molecule has 0 fully saturated rings. The number of primary amides is 1. The lowest BCUT2D eigenvalue weighted by molar-refractivity contribution is -0.124. The molecule has 1 aromatic carbocycles. The number of benzene rings is 1. The third kappa shape index (κ3) is 6.11. The normalized spacial score (nSPS) is 12.7. The summed E-state index contributed by atoms with van der Waals surface area (Å²) in [4.78, 5) is 23.2. The number of amides is 3. The van der Waals surface area contributed by atoms with Crippen molar-refractivity contribution in [3.8, 4) is 0 Å². The number of hydrogen-bond acceptors (Lipinski definition) is 3. The molecule has 2 atom stereocenters. The van der Waals surface area contributed by atoms with E-state index in [1.807, 2.05) is 45.0 Å². The van der Waals surface area contributed by atoms with Crippen LogP contribution in [0.4, 0.5) is 10.5 Å². The van der Waals surface area contributed by atoms with Crippen molar-refractivity contribution in [1.82, 2.24) is 16.2 Å². The van der Waals surface area contributed by atoms with Crippen molar-refractivity contribution in [2.45, 2.75) is 33.2 Å². The highest BCUT2D eigenvalue weighted by atomic mass is 32.1. The Hall–Kier alpha value is -2.35. The molecule has 0 heterocycles. The van der Waals surface area contributed by atoms with Crippen LogP contribution in [0.25, 0.3) is 0 Å². The van der Waals surface area contributed by atoms with Crippen LogP contribution in [0.15, 0.2) is 24.3 Å². The molecule has 0 unspecified atom stereocenters. The van der Waals surface area contributed by atoms with Crippen molar-refractivity contribution in [2.24, 2.45) is 11.7 Å². The molecule has 7 nitrogen and oxygen atoms in total. The molecule has 126 valence electrons. The Bertz CT molecular complexity index is 579. The summed E-state index contributed by atoms with van der Waals surface area (Å²) in [6, 6.07) is 6.15. The lowest BCUT2D eigenvalue weighted by Gasteiger charge is -2.23. The maximum absolute atomic E-state index is 12.2. The van der Waals surface area contributed by atoms with E-state index in [-0.39, 0.29) is 11.0 Å². The van der Waals surface area contributed by atoms with E-state index >= 15 is 0 Å². The fourth-order valence-corrected chi connectivity index (χ4v) is 2.08. The van der Waals surface area contributed by atoms with Gasteiger partial charge in [0.15, 0.2) is 5.11 Å². The zero-order valence-electron chi connectivity index (χ0n) is 13.5. The standard InChI is InChI=1S/C15H23N5O2S/c1-4-9(2)12(18-14(16)22)13(21)19-20-15(23)17-11-8-6-5-7-10(11)3/h5-9,12H,4H2,1-3H3,(H,19,21)(H3,16,18,22)(H2,17,20,23)/t9-,12-/m0/s1. The predicted molar refractivity (Wildman–Crippen MR) is 94.6 cm³/mol. The summed E-state index contributed by atoms with van der Waals surface area (Å²) < 4.78 is 0. The lowest BCUT2D eigenvalue weighted by Crippen LogP contribution is -2.56. The molecule has 3 amide bonds. The Kier molecular flexibility index (Phi) is 7.27. The van der Waals surface area contributed by atoms with Gasteiger partial charge in [0.2, 0.25) is 0 Å². The average Bonchev–Trinajstić information content (AvgIpc) is 2.51. The van der Waals surface area contributed by atoms with Gasteiger partial charge in [-0.2, -0.15) is 0 Å². The van der Waals surface area contributed by atoms with Crippen molar-refractivity contribution >= 4 is 35.0 Å². The van der Waals surface area contributed by atoms with E-state index in [1.165, 1.54) is 0 Å². The molecule has 0 aliphatic rings. The Labute approximate surface area is 141 Å². The average molecular weight is 337 g/mol. The molecule has 0 radical (unpaired) electrons. The number of nitrogens with one attached hydrogen (secondary N) is 4. The molecule has 0 spiro atoms. The number of nitrogens with two attached hydrogens (primary N) is 1. The quantitative estimate of drug-likeness (QED) is 0.412. The first-order chi connectivity index (χ1) is 10.8. The van der Waals surface area contributed by atoms with Gasteiger partial charge in [-0.25, -0.2) is 4.79 Å². The predicted octanol–water partition coefficient (Wildman–Crippen LogP) is 1.40. The number of anilines is 1. The van der Waals surface area contributed by atoms with Gasteiger partial charge in [-0.05, 0) is 36.7 Å². The van der Waals surface area contributed by atoms with Gasteiger partial charge in [0.25, 0.3) is 5.91 Å². The van der Waals surface area contributed by atoms with Crippen molar-refractivity contribution in [1.29, 1.82) is 0 Å². The fraction of sp³-hybridized carbons (Fsp3) is 0.400. The van der Waals surface area contributed by atoms with E-state index in [0.29, 0.717) is 6.42 Å². The van der Waals surface area contributed by atoms with Crippen LogP contribution in [-0.4, -0.2) is 23.1 Å². The van der Waals surface area contributed by atoms with E-state index in [9.17, 15) is 9.59 Å². The minimum Gasteiger partial charge on any atom is -0.352 e. The van der Waals surface area contributed by atoms with Crippen LogP contribution in [0.2, 0.25) is 0 Å². The molecule has 8 heteroatoms. The van der Waals surface area contributed by atoms with E-state index in [1.54, 1.807) is 0 Å². The fourth-order valence-electron chi connectivity index (χ4n) is 1.92. The smallest absolute Gasteiger partial charge is 0.312 e. The Morgan fingerprint density at radius 1 is 1.26 bits per heavy atom. The minimum atomic E-state index is -0.744. The highest BCUT2D eigenvalue weighted by Gasteiger charge is 2.25.